The number of ether oxygens (including phenoxy) is 1. The minimum Gasteiger partial charge on any atom is -0.464 e. The maximum absolute atomic E-state index is 5.36. The minimum atomic E-state index is 0.369. The van der Waals surface area contributed by atoms with Crippen molar-refractivity contribution >= 4 is 11.9 Å². The number of aromatic nitrogens is 3. The van der Waals surface area contributed by atoms with Crippen LogP contribution in [0.1, 0.15) is 59.3 Å². The van der Waals surface area contributed by atoms with Gasteiger partial charge in [0.2, 0.25) is 11.9 Å². The quantitative estimate of drug-likeness (QED) is 0.575. The molecule has 6 heteroatoms. The van der Waals surface area contributed by atoms with Gasteiger partial charge in [0.25, 0.3) is 0 Å². The molecule has 0 fully saturated rings. The van der Waals surface area contributed by atoms with Gasteiger partial charge in [-0.05, 0) is 20.3 Å². The molecule has 6 nitrogen and oxygen atoms in total. The van der Waals surface area contributed by atoms with Crippen LogP contribution in [0.15, 0.2) is 0 Å². The predicted molar refractivity (Wildman–Crippen MR) is 87.0 cm³/mol. The number of rotatable bonds is 12. The summed E-state index contributed by atoms with van der Waals surface area (Å²) in [6.45, 7) is 8.36. The molecular formula is C15H29N5O. The molecule has 0 atom stereocenters. The van der Waals surface area contributed by atoms with Gasteiger partial charge in [0.15, 0.2) is 0 Å². The molecule has 0 amide bonds. The fraction of sp³-hybridized carbons (Fsp3) is 0.800. The Kier molecular flexibility index (Phi) is 9.24. The molecule has 0 radical (unpaired) electrons. The van der Waals surface area contributed by atoms with Gasteiger partial charge in [-0.25, -0.2) is 0 Å². The van der Waals surface area contributed by atoms with Gasteiger partial charge in [-0.2, -0.15) is 15.0 Å². The monoisotopic (exact) mass is 295 g/mol. The van der Waals surface area contributed by atoms with Gasteiger partial charge in [-0.3, -0.25) is 0 Å². The Bertz CT molecular complexity index is 362. The van der Waals surface area contributed by atoms with Crippen molar-refractivity contribution in [1.82, 2.24) is 15.0 Å². The van der Waals surface area contributed by atoms with Crippen molar-refractivity contribution in [2.75, 3.05) is 30.3 Å². The van der Waals surface area contributed by atoms with E-state index in [1.54, 1.807) is 0 Å². The smallest absolute Gasteiger partial charge is 0.323 e. The van der Waals surface area contributed by atoms with Crippen molar-refractivity contribution in [3.05, 3.63) is 0 Å². The van der Waals surface area contributed by atoms with E-state index in [1.807, 2.05) is 13.8 Å². The summed E-state index contributed by atoms with van der Waals surface area (Å²) in [7, 11) is 0. The largest absolute Gasteiger partial charge is 0.464 e. The third-order valence-electron chi connectivity index (χ3n) is 3.04. The van der Waals surface area contributed by atoms with Crippen LogP contribution in [-0.4, -0.2) is 34.6 Å². The summed E-state index contributed by atoms with van der Waals surface area (Å²) in [6.07, 6.45) is 7.65. The zero-order valence-corrected chi connectivity index (χ0v) is 13.6. The number of anilines is 2. The first-order valence-corrected chi connectivity index (χ1v) is 8.16. The van der Waals surface area contributed by atoms with Crippen molar-refractivity contribution < 1.29 is 4.74 Å². The number of nitrogens with one attached hydrogen (secondary N) is 2. The fourth-order valence-corrected chi connectivity index (χ4v) is 1.97. The summed E-state index contributed by atoms with van der Waals surface area (Å²) in [4.78, 5) is 12.8. The van der Waals surface area contributed by atoms with Crippen LogP contribution >= 0.6 is 0 Å². The van der Waals surface area contributed by atoms with Gasteiger partial charge < -0.3 is 15.4 Å². The maximum atomic E-state index is 5.36. The first-order chi connectivity index (χ1) is 10.3. The van der Waals surface area contributed by atoms with Crippen LogP contribution in [0.5, 0.6) is 6.01 Å². The van der Waals surface area contributed by atoms with E-state index in [-0.39, 0.29) is 0 Å². The second-order valence-corrected chi connectivity index (χ2v) is 4.92. The molecular weight excluding hydrogens is 266 g/mol. The predicted octanol–water partition coefficient (Wildman–Crippen LogP) is 3.47. The highest BCUT2D eigenvalue weighted by Crippen LogP contribution is 2.11. The highest BCUT2D eigenvalue weighted by Gasteiger charge is 2.06. The van der Waals surface area contributed by atoms with Crippen molar-refractivity contribution in [1.29, 1.82) is 0 Å². The van der Waals surface area contributed by atoms with Crippen molar-refractivity contribution in [3.8, 4) is 6.01 Å². The van der Waals surface area contributed by atoms with Crippen molar-refractivity contribution in [3.63, 3.8) is 0 Å². The third kappa shape index (κ3) is 7.68. The van der Waals surface area contributed by atoms with Crippen LogP contribution in [0.4, 0.5) is 11.9 Å². The third-order valence-corrected chi connectivity index (χ3v) is 3.04. The van der Waals surface area contributed by atoms with E-state index in [9.17, 15) is 0 Å². The van der Waals surface area contributed by atoms with E-state index < -0.39 is 0 Å². The molecule has 0 aliphatic carbocycles. The molecule has 2 N–H and O–H groups in total. The normalized spacial score (nSPS) is 10.4. The van der Waals surface area contributed by atoms with E-state index in [0.717, 1.165) is 19.5 Å². The molecule has 21 heavy (non-hydrogen) atoms. The van der Waals surface area contributed by atoms with Crippen LogP contribution in [-0.2, 0) is 0 Å². The average molecular weight is 295 g/mol. The van der Waals surface area contributed by atoms with E-state index in [1.165, 1.54) is 32.1 Å². The van der Waals surface area contributed by atoms with Crippen LogP contribution in [0.25, 0.3) is 0 Å². The van der Waals surface area contributed by atoms with Gasteiger partial charge in [0, 0.05) is 13.1 Å². The van der Waals surface area contributed by atoms with Crippen LogP contribution < -0.4 is 15.4 Å². The lowest BCUT2D eigenvalue weighted by Crippen LogP contribution is -2.11. The topological polar surface area (TPSA) is 72.0 Å². The number of unbranched alkanes of at least 4 members (excludes halogenated alkanes) is 5. The molecule has 0 aliphatic rings. The molecule has 1 rings (SSSR count). The Morgan fingerprint density at radius 2 is 1.48 bits per heavy atom. The summed E-state index contributed by atoms with van der Waals surface area (Å²) in [5.41, 5.74) is 0. The summed E-state index contributed by atoms with van der Waals surface area (Å²) in [5.74, 6) is 1.14. The van der Waals surface area contributed by atoms with Crippen molar-refractivity contribution in [2.45, 2.75) is 59.3 Å². The zero-order chi connectivity index (χ0) is 15.3. The molecule has 0 unspecified atom stereocenters. The lowest BCUT2D eigenvalue weighted by atomic mass is 10.1. The Morgan fingerprint density at radius 3 is 2.14 bits per heavy atom. The van der Waals surface area contributed by atoms with Gasteiger partial charge in [0.1, 0.15) is 0 Å². The Hall–Kier alpha value is -1.59. The Morgan fingerprint density at radius 1 is 0.810 bits per heavy atom. The molecule has 120 valence electrons. The minimum absolute atomic E-state index is 0.369. The first kappa shape index (κ1) is 17.5. The molecule has 0 aromatic carbocycles. The van der Waals surface area contributed by atoms with E-state index >= 15 is 0 Å². The second kappa shape index (κ2) is 11.1. The number of hydrogen-bond acceptors (Lipinski definition) is 6. The zero-order valence-electron chi connectivity index (χ0n) is 13.6. The van der Waals surface area contributed by atoms with Crippen LogP contribution in [0.3, 0.4) is 0 Å². The van der Waals surface area contributed by atoms with Gasteiger partial charge in [0.05, 0.1) is 6.61 Å². The fourth-order valence-electron chi connectivity index (χ4n) is 1.97. The molecule has 0 spiro atoms. The average Bonchev–Trinajstić information content (AvgIpc) is 2.47. The SMILES string of the molecule is CCCCCCCCNc1nc(NCC)nc(OCC)n1. The lowest BCUT2D eigenvalue weighted by Gasteiger charge is -2.09. The van der Waals surface area contributed by atoms with Gasteiger partial charge in [-0.1, -0.05) is 39.0 Å². The van der Waals surface area contributed by atoms with E-state index in [0.29, 0.717) is 24.5 Å². The Labute approximate surface area is 128 Å². The molecule has 0 bridgehead atoms. The highest BCUT2D eigenvalue weighted by atomic mass is 16.5. The standard InChI is InChI=1S/C15H29N5O/c1-4-7-8-9-10-11-12-17-14-18-13(16-5-2)19-15(20-14)21-6-3/h4-12H2,1-3H3,(H2,16,17,18,19,20). The molecule has 1 aromatic rings. The van der Waals surface area contributed by atoms with Crippen LogP contribution in [0.2, 0.25) is 0 Å². The molecule has 1 aromatic heterocycles. The number of hydrogen-bond donors (Lipinski definition) is 2. The van der Waals surface area contributed by atoms with Crippen molar-refractivity contribution in [2.24, 2.45) is 0 Å². The maximum Gasteiger partial charge on any atom is 0.323 e. The molecule has 0 aliphatic heterocycles. The lowest BCUT2D eigenvalue weighted by molar-refractivity contribution is 0.312. The number of nitrogens with zero attached hydrogens (tertiary/aromatic N) is 3. The van der Waals surface area contributed by atoms with Gasteiger partial charge >= 0.3 is 6.01 Å². The molecule has 0 saturated carbocycles. The summed E-state index contributed by atoms with van der Waals surface area (Å²) >= 11 is 0. The van der Waals surface area contributed by atoms with E-state index in [2.05, 4.69) is 32.5 Å². The first-order valence-electron chi connectivity index (χ1n) is 8.16. The molecule has 1 heterocycles. The highest BCUT2D eigenvalue weighted by molar-refractivity contribution is 5.35. The van der Waals surface area contributed by atoms with E-state index in [4.69, 9.17) is 4.74 Å². The summed E-state index contributed by atoms with van der Waals surface area (Å²) in [5, 5.41) is 6.34. The van der Waals surface area contributed by atoms with Crippen LogP contribution in [0, 0.1) is 0 Å². The Balaban J connectivity index is 2.38. The summed E-state index contributed by atoms with van der Waals surface area (Å²) in [6, 6.07) is 0.369. The second-order valence-electron chi connectivity index (χ2n) is 4.92. The molecule has 0 saturated heterocycles. The summed E-state index contributed by atoms with van der Waals surface area (Å²) < 4.78 is 5.36. The van der Waals surface area contributed by atoms with Gasteiger partial charge in [-0.15, -0.1) is 0 Å².